The number of aromatic amines is 1. The first kappa shape index (κ1) is 13.1. The van der Waals surface area contributed by atoms with E-state index in [1.54, 1.807) is 0 Å². The van der Waals surface area contributed by atoms with Crippen molar-refractivity contribution in [2.75, 3.05) is 7.05 Å². The molecule has 2 rings (SSSR count). The number of nitrogens with zero attached hydrogens (tertiary/aromatic N) is 1. The zero-order valence-corrected chi connectivity index (χ0v) is 12.2. The number of H-pyrrole nitrogens is 1. The molecular formula is C13H16BrN3O. The number of aromatic nitrogens is 2. The molecule has 0 saturated heterocycles. The quantitative estimate of drug-likeness (QED) is 0.908. The first-order valence-corrected chi connectivity index (χ1v) is 6.56. The van der Waals surface area contributed by atoms with E-state index in [4.69, 9.17) is 4.74 Å². The average molecular weight is 310 g/mol. The van der Waals surface area contributed by atoms with Gasteiger partial charge in [0.05, 0.1) is 4.47 Å². The predicted octanol–water partition coefficient (Wildman–Crippen LogP) is 3.55. The van der Waals surface area contributed by atoms with Crippen LogP contribution in [0, 0.1) is 6.92 Å². The van der Waals surface area contributed by atoms with Crippen LogP contribution < -0.4 is 10.1 Å². The molecule has 1 aromatic heterocycles. The Morgan fingerprint density at radius 3 is 2.72 bits per heavy atom. The number of benzene rings is 1. The van der Waals surface area contributed by atoms with Gasteiger partial charge in [-0.05, 0) is 54.5 Å². The molecule has 1 heterocycles. The molecule has 0 spiro atoms. The minimum atomic E-state index is 0.308. The standard InChI is InChI=1S/C13H16BrN3O/c1-8-6-13(17-16-8)18-12-5-4-10(7-11(12)14)9(2)15-3/h4-7,9,15H,1-3H3,(H,16,17). The van der Waals surface area contributed by atoms with E-state index in [1.165, 1.54) is 5.56 Å². The SMILES string of the molecule is CNC(C)c1ccc(Oc2cc(C)[nH]n2)c(Br)c1. The summed E-state index contributed by atoms with van der Waals surface area (Å²) in [6, 6.07) is 8.20. The first-order valence-electron chi connectivity index (χ1n) is 5.76. The van der Waals surface area contributed by atoms with Crippen molar-refractivity contribution in [2.24, 2.45) is 0 Å². The van der Waals surface area contributed by atoms with Gasteiger partial charge >= 0.3 is 0 Å². The van der Waals surface area contributed by atoms with E-state index in [0.717, 1.165) is 15.9 Å². The molecule has 5 heteroatoms. The third-order valence-electron chi connectivity index (χ3n) is 2.79. The van der Waals surface area contributed by atoms with Gasteiger partial charge < -0.3 is 10.1 Å². The second-order valence-corrected chi connectivity index (χ2v) is 5.05. The topological polar surface area (TPSA) is 49.9 Å². The Balaban J connectivity index is 2.19. The Morgan fingerprint density at radius 1 is 1.39 bits per heavy atom. The summed E-state index contributed by atoms with van der Waals surface area (Å²) >= 11 is 3.52. The van der Waals surface area contributed by atoms with Crippen LogP contribution in [0.15, 0.2) is 28.7 Å². The number of hydrogen-bond donors (Lipinski definition) is 2. The molecule has 1 unspecified atom stereocenters. The largest absolute Gasteiger partial charge is 0.436 e. The van der Waals surface area contributed by atoms with Crippen molar-refractivity contribution in [2.45, 2.75) is 19.9 Å². The minimum Gasteiger partial charge on any atom is -0.436 e. The number of rotatable bonds is 4. The van der Waals surface area contributed by atoms with Gasteiger partial charge in [0, 0.05) is 17.8 Å². The maximum Gasteiger partial charge on any atom is 0.238 e. The van der Waals surface area contributed by atoms with Crippen molar-refractivity contribution in [3.63, 3.8) is 0 Å². The van der Waals surface area contributed by atoms with Gasteiger partial charge in [-0.2, -0.15) is 0 Å². The second kappa shape index (κ2) is 5.54. The molecule has 0 radical (unpaired) electrons. The summed E-state index contributed by atoms with van der Waals surface area (Å²) in [5.41, 5.74) is 2.18. The van der Waals surface area contributed by atoms with Crippen LogP contribution in [0.2, 0.25) is 0 Å². The van der Waals surface area contributed by atoms with E-state index in [9.17, 15) is 0 Å². The van der Waals surface area contributed by atoms with Crippen LogP contribution in [-0.4, -0.2) is 17.2 Å². The molecule has 2 aromatic rings. The van der Waals surface area contributed by atoms with E-state index < -0.39 is 0 Å². The maximum absolute atomic E-state index is 5.69. The number of aryl methyl sites for hydroxylation is 1. The number of hydrogen-bond acceptors (Lipinski definition) is 3. The van der Waals surface area contributed by atoms with Crippen molar-refractivity contribution in [3.8, 4) is 11.6 Å². The molecule has 0 saturated carbocycles. The molecule has 0 fully saturated rings. The van der Waals surface area contributed by atoms with E-state index in [0.29, 0.717) is 11.9 Å². The van der Waals surface area contributed by atoms with E-state index in [1.807, 2.05) is 32.2 Å². The summed E-state index contributed by atoms with van der Waals surface area (Å²) in [6.45, 7) is 4.05. The van der Waals surface area contributed by atoms with E-state index in [2.05, 4.69) is 44.4 Å². The summed E-state index contributed by atoms with van der Waals surface area (Å²) in [5, 5.41) is 10.1. The van der Waals surface area contributed by atoms with Crippen LogP contribution in [-0.2, 0) is 0 Å². The molecular weight excluding hydrogens is 294 g/mol. The second-order valence-electron chi connectivity index (χ2n) is 4.19. The van der Waals surface area contributed by atoms with Crippen LogP contribution in [0.4, 0.5) is 0 Å². The van der Waals surface area contributed by atoms with Crippen LogP contribution in [0.3, 0.4) is 0 Å². The summed E-state index contributed by atoms with van der Waals surface area (Å²) in [6.07, 6.45) is 0. The monoisotopic (exact) mass is 309 g/mol. The Bertz CT molecular complexity index is 539. The summed E-state index contributed by atoms with van der Waals surface area (Å²) in [7, 11) is 1.94. The van der Waals surface area contributed by atoms with Crippen LogP contribution in [0.5, 0.6) is 11.6 Å². The molecule has 1 aromatic carbocycles. The van der Waals surface area contributed by atoms with E-state index in [-0.39, 0.29) is 0 Å². The Labute approximate surface area is 115 Å². The van der Waals surface area contributed by atoms with Crippen molar-refractivity contribution in [1.29, 1.82) is 0 Å². The van der Waals surface area contributed by atoms with E-state index >= 15 is 0 Å². The molecule has 0 amide bonds. The van der Waals surface area contributed by atoms with Crippen molar-refractivity contribution in [3.05, 3.63) is 40.0 Å². The molecule has 0 aliphatic heterocycles. The van der Waals surface area contributed by atoms with Crippen molar-refractivity contribution >= 4 is 15.9 Å². The van der Waals surface area contributed by atoms with Gasteiger partial charge in [-0.3, -0.25) is 5.10 Å². The molecule has 1 atom stereocenters. The summed E-state index contributed by atoms with van der Waals surface area (Å²) in [4.78, 5) is 0. The smallest absolute Gasteiger partial charge is 0.238 e. The highest BCUT2D eigenvalue weighted by Crippen LogP contribution is 2.31. The lowest BCUT2D eigenvalue weighted by molar-refractivity contribution is 0.458. The highest BCUT2D eigenvalue weighted by Gasteiger charge is 2.09. The molecule has 0 aliphatic rings. The van der Waals surface area contributed by atoms with Crippen molar-refractivity contribution < 1.29 is 4.74 Å². The highest BCUT2D eigenvalue weighted by molar-refractivity contribution is 9.10. The van der Waals surface area contributed by atoms with Gasteiger partial charge in [-0.25, -0.2) is 0 Å². The number of ether oxygens (including phenoxy) is 1. The minimum absolute atomic E-state index is 0.308. The first-order chi connectivity index (χ1) is 8.60. The number of halogens is 1. The fourth-order valence-electron chi connectivity index (χ4n) is 1.59. The lowest BCUT2D eigenvalue weighted by atomic mass is 10.1. The van der Waals surface area contributed by atoms with Crippen LogP contribution in [0.25, 0.3) is 0 Å². The maximum atomic E-state index is 5.69. The lowest BCUT2D eigenvalue weighted by Crippen LogP contribution is -2.12. The summed E-state index contributed by atoms with van der Waals surface area (Å²) in [5.74, 6) is 1.33. The average Bonchev–Trinajstić information content (AvgIpc) is 2.76. The van der Waals surface area contributed by atoms with Gasteiger partial charge in [-0.15, -0.1) is 5.10 Å². The number of nitrogens with one attached hydrogen (secondary N) is 2. The van der Waals surface area contributed by atoms with Gasteiger partial charge in [0.15, 0.2) is 0 Å². The zero-order chi connectivity index (χ0) is 13.1. The van der Waals surface area contributed by atoms with Gasteiger partial charge in [0.2, 0.25) is 5.88 Å². The third kappa shape index (κ3) is 2.91. The lowest BCUT2D eigenvalue weighted by Gasteiger charge is -2.12. The molecule has 2 N–H and O–H groups in total. The van der Waals surface area contributed by atoms with Gasteiger partial charge in [-0.1, -0.05) is 6.07 Å². The van der Waals surface area contributed by atoms with Gasteiger partial charge in [0.25, 0.3) is 0 Å². The Hall–Kier alpha value is -1.33. The zero-order valence-electron chi connectivity index (χ0n) is 10.6. The predicted molar refractivity (Wildman–Crippen MR) is 75.0 cm³/mol. The fourth-order valence-corrected chi connectivity index (χ4v) is 2.07. The molecule has 0 bridgehead atoms. The molecule has 18 heavy (non-hydrogen) atoms. The van der Waals surface area contributed by atoms with Gasteiger partial charge in [0.1, 0.15) is 5.75 Å². The Morgan fingerprint density at radius 2 is 2.17 bits per heavy atom. The van der Waals surface area contributed by atoms with Crippen molar-refractivity contribution in [1.82, 2.24) is 15.5 Å². The normalized spacial score (nSPS) is 12.4. The molecule has 4 nitrogen and oxygen atoms in total. The fraction of sp³-hybridized carbons (Fsp3) is 0.308. The van der Waals surface area contributed by atoms with Crippen LogP contribution in [0.1, 0.15) is 24.2 Å². The highest BCUT2D eigenvalue weighted by atomic mass is 79.9. The molecule has 96 valence electrons. The summed E-state index contributed by atoms with van der Waals surface area (Å²) < 4.78 is 6.61. The Kier molecular flexibility index (Phi) is 4.04. The van der Waals surface area contributed by atoms with Crippen LogP contribution >= 0.6 is 15.9 Å². The third-order valence-corrected chi connectivity index (χ3v) is 3.41. The molecule has 0 aliphatic carbocycles.